The molecule has 0 aliphatic heterocycles. The second-order valence-corrected chi connectivity index (χ2v) is 6.67. The van der Waals surface area contributed by atoms with Gasteiger partial charge in [0.25, 0.3) is 0 Å². The molecule has 4 aromatic rings. The maximum atomic E-state index is 14.6. The molecule has 1 nitrogen and oxygen atoms in total. The molecule has 0 aliphatic rings. The molecule has 0 unspecified atom stereocenters. The largest absolute Gasteiger partial charge is 0.507 e. The zero-order valence-corrected chi connectivity index (χ0v) is 15.5. The van der Waals surface area contributed by atoms with Gasteiger partial charge in [-0.3, -0.25) is 0 Å². The molecule has 1 radical (unpaired) electrons. The fraction of sp³-hybridized carbons (Fsp3) is 0. The molecule has 4 aromatic carbocycles. The number of benzene rings is 4. The molecule has 0 aliphatic carbocycles. The summed E-state index contributed by atoms with van der Waals surface area (Å²) < 4.78 is 83.5. The summed E-state index contributed by atoms with van der Waals surface area (Å²) in [5, 5.41) is 10.9. The van der Waals surface area contributed by atoms with Gasteiger partial charge in [0, 0.05) is 51.6 Å². The SMILES string of the molecule is Oc1c(-c2ccc(F)cc2F)c[c]c(-c2ccc(F)cc2F)c1-c1ccc(F)cc1F. The Balaban J connectivity index is 2.06. The van der Waals surface area contributed by atoms with Crippen LogP contribution in [0.4, 0.5) is 26.3 Å². The Morgan fingerprint density at radius 2 is 1.00 bits per heavy atom. The van der Waals surface area contributed by atoms with Crippen LogP contribution in [0, 0.1) is 41.0 Å². The molecule has 0 aromatic heterocycles. The zero-order valence-electron chi connectivity index (χ0n) is 15.5. The van der Waals surface area contributed by atoms with E-state index in [-0.39, 0.29) is 33.4 Å². The van der Waals surface area contributed by atoms with E-state index in [2.05, 4.69) is 6.07 Å². The predicted octanol–water partition coefficient (Wildman–Crippen LogP) is 7.03. The molecule has 4 rings (SSSR count). The molecule has 0 bridgehead atoms. The minimum atomic E-state index is -1.08. The summed E-state index contributed by atoms with van der Waals surface area (Å²) >= 11 is 0. The summed E-state index contributed by atoms with van der Waals surface area (Å²) in [6.45, 7) is 0. The normalized spacial score (nSPS) is 11.0. The molecular weight excluding hydrogens is 418 g/mol. The third kappa shape index (κ3) is 3.74. The lowest BCUT2D eigenvalue weighted by Gasteiger charge is -2.17. The van der Waals surface area contributed by atoms with E-state index in [9.17, 15) is 31.4 Å². The van der Waals surface area contributed by atoms with Gasteiger partial charge in [0.05, 0.1) is 0 Å². The van der Waals surface area contributed by atoms with E-state index in [1.807, 2.05) is 0 Å². The highest BCUT2D eigenvalue weighted by molar-refractivity contribution is 5.93. The van der Waals surface area contributed by atoms with Crippen LogP contribution in [0.25, 0.3) is 33.4 Å². The zero-order chi connectivity index (χ0) is 22.3. The summed E-state index contributed by atoms with van der Waals surface area (Å²) in [7, 11) is 0. The molecule has 0 atom stereocenters. The van der Waals surface area contributed by atoms with E-state index in [1.165, 1.54) is 0 Å². The molecule has 0 fully saturated rings. The monoisotopic (exact) mass is 429 g/mol. The van der Waals surface area contributed by atoms with E-state index < -0.39 is 40.7 Å². The molecule has 0 spiro atoms. The van der Waals surface area contributed by atoms with Crippen molar-refractivity contribution in [3.8, 4) is 39.1 Å². The minimum absolute atomic E-state index is 0.160. The van der Waals surface area contributed by atoms with Crippen molar-refractivity contribution < 1.29 is 31.4 Å². The van der Waals surface area contributed by atoms with Crippen molar-refractivity contribution in [2.45, 2.75) is 0 Å². The first-order valence-corrected chi connectivity index (χ1v) is 8.90. The van der Waals surface area contributed by atoms with Crippen LogP contribution in [0.3, 0.4) is 0 Å². The fourth-order valence-electron chi connectivity index (χ4n) is 3.31. The number of aromatic hydroxyl groups is 1. The minimum Gasteiger partial charge on any atom is -0.507 e. The summed E-state index contributed by atoms with van der Waals surface area (Å²) in [6.07, 6.45) is 0. The summed E-state index contributed by atoms with van der Waals surface area (Å²) in [5.41, 5.74) is -1.41. The average Bonchev–Trinajstić information content (AvgIpc) is 2.69. The lowest BCUT2D eigenvalue weighted by molar-refractivity contribution is 0.478. The van der Waals surface area contributed by atoms with Gasteiger partial charge >= 0.3 is 0 Å². The predicted molar refractivity (Wildman–Crippen MR) is 103 cm³/mol. The van der Waals surface area contributed by atoms with Gasteiger partial charge in [0.2, 0.25) is 0 Å². The lowest BCUT2D eigenvalue weighted by Crippen LogP contribution is -1.96. The van der Waals surface area contributed by atoms with Gasteiger partial charge in [0.1, 0.15) is 40.7 Å². The highest BCUT2D eigenvalue weighted by Crippen LogP contribution is 2.46. The third-order valence-corrected chi connectivity index (χ3v) is 4.73. The molecule has 1 N–H and O–H groups in total. The highest BCUT2D eigenvalue weighted by Gasteiger charge is 2.23. The Hall–Kier alpha value is -3.74. The van der Waals surface area contributed by atoms with Gasteiger partial charge in [-0.25, -0.2) is 26.3 Å². The standard InChI is InChI=1S/C24H11F6O/c25-12-1-4-15(20(28)9-12)17-7-8-18(16-5-2-13(26)10-21(16)29)24(31)23(17)19-6-3-14(27)11-22(19)30/h1-6,8-11,31H. The Labute approximate surface area is 172 Å². The summed E-state index contributed by atoms with van der Waals surface area (Å²) in [4.78, 5) is 0. The van der Waals surface area contributed by atoms with Crippen LogP contribution in [-0.4, -0.2) is 5.11 Å². The van der Waals surface area contributed by atoms with E-state index >= 15 is 0 Å². The number of phenolic OH excluding ortho intramolecular Hbond substituents is 1. The molecule has 155 valence electrons. The van der Waals surface area contributed by atoms with E-state index in [0.29, 0.717) is 18.2 Å². The second-order valence-electron chi connectivity index (χ2n) is 6.67. The van der Waals surface area contributed by atoms with Crippen molar-refractivity contribution in [2.24, 2.45) is 0 Å². The van der Waals surface area contributed by atoms with Gasteiger partial charge in [0.15, 0.2) is 0 Å². The number of phenols is 1. The lowest BCUT2D eigenvalue weighted by atomic mass is 9.89. The first-order valence-electron chi connectivity index (χ1n) is 8.90. The van der Waals surface area contributed by atoms with Crippen LogP contribution >= 0.6 is 0 Å². The van der Waals surface area contributed by atoms with Crippen molar-refractivity contribution in [1.29, 1.82) is 0 Å². The Morgan fingerprint density at radius 3 is 1.48 bits per heavy atom. The maximum Gasteiger partial charge on any atom is 0.134 e. The van der Waals surface area contributed by atoms with Gasteiger partial charge in [-0.15, -0.1) is 0 Å². The smallest absolute Gasteiger partial charge is 0.134 e. The van der Waals surface area contributed by atoms with Gasteiger partial charge in [-0.1, -0.05) is 0 Å². The fourth-order valence-corrected chi connectivity index (χ4v) is 3.31. The molecule has 0 heterocycles. The van der Waals surface area contributed by atoms with Crippen molar-refractivity contribution in [3.05, 3.63) is 102 Å². The van der Waals surface area contributed by atoms with Crippen LogP contribution in [0.5, 0.6) is 5.75 Å². The van der Waals surface area contributed by atoms with E-state index in [1.54, 1.807) is 0 Å². The van der Waals surface area contributed by atoms with Crippen LogP contribution in [-0.2, 0) is 0 Å². The first kappa shape index (κ1) is 20.5. The summed E-state index contributed by atoms with van der Waals surface area (Å²) in [5.74, 6) is -6.36. The van der Waals surface area contributed by atoms with Gasteiger partial charge < -0.3 is 5.11 Å². The van der Waals surface area contributed by atoms with Crippen molar-refractivity contribution in [2.75, 3.05) is 0 Å². The molecule has 0 saturated carbocycles. The van der Waals surface area contributed by atoms with E-state index in [0.717, 1.165) is 42.5 Å². The number of hydrogen-bond donors (Lipinski definition) is 1. The molecule has 31 heavy (non-hydrogen) atoms. The van der Waals surface area contributed by atoms with Crippen molar-refractivity contribution in [1.82, 2.24) is 0 Å². The maximum absolute atomic E-state index is 14.6. The van der Waals surface area contributed by atoms with Crippen LogP contribution in [0.2, 0.25) is 0 Å². The quantitative estimate of drug-likeness (QED) is 0.347. The first-order chi connectivity index (χ1) is 14.8. The van der Waals surface area contributed by atoms with E-state index in [4.69, 9.17) is 0 Å². The second kappa shape index (κ2) is 7.83. The summed E-state index contributed by atoms with van der Waals surface area (Å²) in [6, 6.07) is 11.5. The van der Waals surface area contributed by atoms with Gasteiger partial charge in [-0.2, -0.15) is 0 Å². The topological polar surface area (TPSA) is 20.2 Å². The third-order valence-electron chi connectivity index (χ3n) is 4.73. The average molecular weight is 429 g/mol. The van der Waals surface area contributed by atoms with Crippen molar-refractivity contribution >= 4 is 0 Å². The number of halogens is 6. The molecule has 0 amide bonds. The Bertz CT molecular complexity index is 1320. The Morgan fingerprint density at radius 1 is 0.548 bits per heavy atom. The molecule has 7 heteroatoms. The molecule has 0 saturated heterocycles. The highest BCUT2D eigenvalue weighted by atomic mass is 19.2. The van der Waals surface area contributed by atoms with Crippen molar-refractivity contribution in [3.63, 3.8) is 0 Å². The van der Waals surface area contributed by atoms with Crippen LogP contribution in [0.15, 0.2) is 60.7 Å². The number of hydrogen-bond acceptors (Lipinski definition) is 1. The van der Waals surface area contributed by atoms with Crippen LogP contribution < -0.4 is 0 Å². The molecular formula is C24H11F6O. The Kier molecular flexibility index (Phi) is 5.19. The number of rotatable bonds is 3. The van der Waals surface area contributed by atoms with Gasteiger partial charge in [-0.05, 0) is 48.5 Å². The van der Waals surface area contributed by atoms with Crippen LogP contribution in [0.1, 0.15) is 0 Å².